The fourth-order valence-corrected chi connectivity index (χ4v) is 5.58. The maximum Gasteiger partial charge on any atom is 0.253 e. The van der Waals surface area contributed by atoms with Gasteiger partial charge in [0, 0.05) is 25.1 Å². The predicted molar refractivity (Wildman–Crippen MR) is 169 cm³/mol. The normalized spacial score (nSPS) is 14.1. The number of carbonyl (C=O) groups is 2. The van der Waals surface area contributed by atoms with Crippen molar-refractivity contribution in [3.05, 3.63) is 89.2 Å². The van der Waals surface area contributed by atoms with Crippen LogP contribution >= 0.6 is 11.8 Å². The number of hydrogen-bond donors (Lipinski definition) is 1. The molecule has 13 heteroatoms. The average molecular weight is 631 g/mol. The number of ether oxygens (including phenoxy) is 4. The van der Waals surface area contributed by atoms with E-state index in [1.54, 1.807) is 49.0 Å². The van der Waals surface area contributed by atoms with Crippen LogP contribution in [0.4, 0.5) is 0 Å². The lowest BCUT2D eigenvalue weighted by molar-refractivity contribution is -0.130. The molecular weight excluding hydrogens is 596 g/mol. The van der Waals surface area contributed by atoms with Crippen LogP contribution in [0.3, 0.4) is 0 Å². The number of methoxy groups -OCH3 is 4. The Morgan fingerprint density at radius 3 is 2.04 bits per heavy atom. The van der Waals surface area contributed by atoms with E-state index in [-0.39, 0.29) is 30.2 Å². The highest BCUT2D eigenvalue weighted by Gasteiger charge is 2.33. The fourth-order valence-electron chi connectivity index (χ4n) is 4.80. The molecule has 3 aromatic carbocycles. The number of benzene rings is 3. The molecule has 5 rings (SSSR count). The van der Waals surface area contributed by atoms with Crippen molar-refractivity contribution in [2.45, 2.75) is 24.2 Å². The number of nitrogens with zero attached hydrogens (tertiary/aromatic N) is 5. The molecule has 4 aromatic rings. The fraction of sp³-hybridized carbons (Fsp3) is 0.281. The Balaban J connectivity index is 1.27. The molecule has 0 unspecified atom stereocenters. The van der Waals surface area contributed by atoms with Gasteiger partial charge in [-0.15, -0.1) is 10.2 Å². The third kappa shape index (κ3) is 7.20. The van der Waals surface area contributed by atoms with Gasteiger partial charge in [0.1, 0.15) is 23.0 Å². The van der Waals surface area contributed by atoms with Crippen LogP contribution in [-0.4, -0.2) is 71.5 Å². The van der Waals surface area contributed by atoms with E-state index >= 15 is 0 Å². The largest absolute Gasteiger partial charge is 0.497 e. The Kier molecular flexibility index (Phi) is 9.88. The molecule has 1 atom stereocenters. The van der Waals surface area contributed by atoms with Crippen molar-refractivity contribution in [3.63, 3.8) is 0 Å². The van der Waals surface area contributed by atoms with Crippen LogP contribution in [0.1, 0.15) is 39.8 Å². The molecule has 0 saturated heterocycles. The maximum absolute atomic E-state index is 13.6. The Morgan fingerprint density at radius 2 is 1.44 bits per heavy atom. The van der Waals surface area contributed by atoms with Crippen LogP contribution in [0, 0.1) is 0 Å². The molecule has 0 bridgehead atoms. The summed E-state index contributed by atoms with van der Waals surface area (Å²) in [6, 6.07) is 20.0. The minimum Gasteiger partial charge on any atom is -0.497 e. The minimum atomic E-state index is -0.316. The highest BCUT2D eigenvalue weighted by atomic mass is 32.2. The van der Waals surface area contributed by atoms with Crippen molar-refractivity contribution in [3.8, 4) is 23.0 Å². The van der Waals surface area contributed by atoms with Crippen LogP contribution in [0.5, 0.6) is 23.0 Å². The number of amides is 2. The molecule has 1 aliphatic heterocycles. The lowest BCUT2D eigenvalue weighted by atomic mass is 9.98. The second-order valence-corrected chi connectivity index (χ2v) is 11.0. The van der Waals surface area contributed by atoms with Gasteiger partial charge in [0.15, 0.2) is 11.0 Å². The summed E-state index contributed by atoms with van der Waals surface area (Å²) in [5.41, 5.74) is 3.07. The van der Waals surface area contributed by atoms with E-state index in [1.807, 2.05) is 48.5 Å². The summed E-state index contributed by atoms with van der Waals surface area (Å²) in [5.74, 6) is 2.63. The molecule has 2 heterocycles. The number of hydrogen-bond acceptors (Lipinski definition) is 10. The van der Waals surface area contributed by atoms with Gasteiger partial charge in [0.25, 0.3) is 11.8 Å². The molecule has 0 aliphatic carbocycles. The Hall–Kier alpha value is -5.04. The molecule has 0 radical (unpaired) electrons. The van der Waals surface area contributed by atoms with Gasteiger partial charge in [-0.1, -0.05) is 23.9 Å². The van der Waals surface area contributed by atoms with Crippen molar-refractivity contribution in [1.29, 1.82) is 0 Å². The van der Waals surface area contributed by atoms with E-state index in [4.69, 9.17) is 24.0 Å². The van der Waals surface area contributed by atoms with Crippen molar-refractivity contribution in [2.75, 3.05) is 34.2 Å². The summed E-state index contributed by atoms with van der Waals surface area (Å²) in [4.78, 5) is 26.4. The van der Waals surface area contributed by atoms with Gasteiger partial charge in [0.05, 0.1) is 52.5 Å². The summed E-state index contributed by atoms with van der Waals surface area (Å²) in [6.07, 6.45) is 0.558. The molecular formula is C32H34N6O6S. The van der Waals surface area contributed by atoms with E-state index in [2.05, 4.69) is 15.5 Å². The average Bonchev–Trinajstić information content (AvgIpc) is 3.69. The molecule has 1 aliphatic rings. The number of hydrazone groups is 1. The van der Waals surface area contributed by atoms with Gasteiger partial charge >= 0.3 is 0 Å². The molecule has 1 aromatic heterocycles. The predicted octanol–water partition coefficient (Wildman–Crippen LogP) is 4.25. The second kappa shape index (κ2) is 14.2. The second-order valence-electron chi connectivity index (χ2n) is 10.0. The van der Waals surface area contributed by atoms with E-state index in [0.29, 0.717) is 34.5 Å². The molecule has 2 amide bonds. The quantitative estimate of drug-likeness (QED) is 0.229. The molecule has 0 fully saturated rings. The van der Waals surface area contributed by atoms with Gasteiger partial charge in [-0.2, -0.15) is 5.10 Å². The van der Waals surface area contributed by atoms with E-state index < -0.39 is 0 Å². The smallest absolute Gasteiger partial charge is 0.253 e. The summed E-state index contributed by atoms with van der Waals surface area (Å²) < 4.78 is 22.9. The van der Waals surface area contributed by atoms with Crippen molar-refractivity contribution >= 4 is 29.3 Å². The number of carbonyl (C=O) groups excluding carboxylic acids is 2. The minimum absolute atomic E-state index is 0.0913. The van der Waals surface area contributed by atoms with Crippen LogP contribution in [0.15, 0.2) is 77.0 Å². The third-order valence-electron chi connectivity index (χ3n) is 7.36. The van der Waals surface area contributed by atoms with Crippen molar-refractivity contribution in [2.24, 2.45) is 12.1 Å². The molecule has 45 heavy (non-hydrogen) atoms. The van der Waals surface area contributed by atoms with Gasteiger partial charge in [0.2, 0.25) is 0 Å². The standard InChI is InChI=1S/C32H34N6O6S/c1-37-29(18-33-31(40)22-14-25(43-4)16-26(15-22)44-5)34-35-32(37)45-19-30(39)38-28(21-8-12-24(42-3)13-9-21)17-27(36-38)20-6-10-23(41-2)11-7-20/h6-16,28H,17-19H2,1-5H3,(H,33,40)/t28-/m1/s1. The number of thioether (sulfide) groups is 1. The number of aromatic nitrogens is 3. The monoisotopic (exact) mass is 630 g/mol. The van der Waals surface area contributed by atoms with E-state index in [0.717, 1.165) is 28.3 Å². The first kappa shape index (κ1) is 31.4. The molecule has 234 valence electrons. The van der Waals surface area contributed by atoms with Gasteiger partial charge in [-0.05, 0) is 59.7 Å². The lowest BCUT2D eigenvalue weighted by Crippen LogP contribution is -2.28. The summed E-state index contributed by atoms with van der Waals surface area (Å²) in [5, 5.41) is 18.2. The highest BCUT2D eigenvalue weighted by Crippen LogP contribution is 2.35. The van der Waals surface area contributed by atoms with Gasteiger partial charge in [-0.3, -0.25) is 9.59 Å². The van der Waals surface area contributed by atoms with Crippen molar-refractivity contribution in [1.82, 2.24) is 25.1 Å². The number of rotatable bonds is 12. The summed E-state index contributed by atoms with van der Waals surface area (Å²) >= 11 is 1.26. The first-order valence-electron chi connectivity index (χ1n) is 14.0. The van der Waals surface area contributed by atoms with Crippen LogP contribution < -0.4 is 24.3 Å². The van der Waals surface area contributed by atoms with Crippen LogP contribution in [0.25, 0.3) is 0 Å². The number of nitrogens with one attached hydrogen (secondary N) is 1. The topological polar surface area (TPSA) is 129 Å². The Labute approximate surface area is 265 Å². The zero-order valence-corrected chi connectivity index (χ0v) is 26.5. The molecule has 0 spiro atoms. The molecule has 12 nitrogen and oxygen atoms in total. The SMILES string of the molecule is COc1ccc(C2=NN(C(=O)CSc3nnc(CNC(=O)c4cc(OC)cc(OC)c4)n3C)[C@@H](c3ccc(OC)cc3)C2)cc1. The zero-order chi connectivity index (χ0) is 31.9. The summed E-state index contributed by atoms with van der Waals surface area (Å²) in [6.45, 7) is 0.136. The van der Waals surface area contributed by atoms with Crippen molar-refractivity contribution < 1.29 is 28.5 Å². The maximum atomic E-state index is 13.6. The van der Waals surface area contributed by atoms with Gasteiger partial charge < -0.3 is 28.8 Å². The van der Waals surface area contributed by atoms with E-state index in [9.17, 15) is 9.59 Å². The molecule has 0 saturated carbocycles. The highest BCUT2D eigenvalue weighted by molar-refractivity contribution is 7.99. The van der Waals surface area contributed by atoms with Crippen LogP contribution in [-0.2, 0) is 18.4 Å². The summed E-state index contributed by atoms with van der Waals surface area (Å²) in [7, 11) is 8.07. The third-order valence-corrected chi connectivity index (χ3v) is 8.37. The zero-order valence-electron chi connectivity index (χ0n) is 25.6. The molecule has 1 N–H and O–H groups in total. The first-order valence-corrected chi connectivity index (χ1v) is 15.0. The first-order chi connectivity index (χ1) is 21.8. The van der Waals surface area contributed by atoms with E-state index in [1.165, 1.54) is 26.0 Å². The Bertz CT molecular complexity index is 1670. The van der Waals surface area contributed by atoms with Gasteiger partial charge in [-0.25, -0.2) is 5.01 Å². The Morgan fingerprint density at radius 1 is 0.844 bits per heavy atom. The van der Waals surface area contributed by atoms with Crippen LogP contribution in [0.2, 0.25) is 0 Å². The lowest BCUT2D eigenvalue weighted by Gasteiger charge is -2.22.